The number of nitriles is 1. The largest absolute Gasteiger partial charge is 0.494 e. The van der Waals surface area contributed by atoms with Gasteiger partial charge in [-0.3, -0.25) is 4.79 Å². The summed E-state index contributed by atoms with van der Waals surface area (Å²) in [5.74, 6) is -1.56. The number of sulfone groups is 1. The predicted octanol–water partition coefficient (Wildman–Crippen LogP) is 4.66. The van der Waals surface area contributed by atoms with Crippen molar-refractivity contribution in [1.82, 2.24) is 4.90 Å². The molecular formula is C30H32F3N3O5S. The highest BCUT2D eigenvalue weighted by molar-refractivity contribution is 7.91. The number of amides is 1. The lowest BCUT2D eigenvalue weighted by molar-refractivity contribution is -0.137. The van der Waals surface area contributed by atoms with E-state index in [0.717, 1.165) is 37.6 Å². The van der Waals surface area contributed by atoms with Crippen LogP contribution in [0.3, 0.4) is 0 Å². The van der Waals surface area contributed by atoms with E-state index in [1.165, 1.54) is 18.2 Å². The highest BCUT2D eigenvalue weighted by Crippen LogP contribution is 2.34. The molecule has 0 saturated heterocycles. The highest BCUT2D eigenvalue weighted by atomic mass is 32.2. The van der Waals surface area contributed by atoms with Gasteiger partial charge in [0.15, 0.2) is 15.4 Å². The second-order valence-corrected chi connectivity index (χ2v) is 12.2. The summed E-state index contributed by atoms with van der Waals surface area (Å²) in [6, 6.07) is 17.3. The Morgan fingerprint density at radius 3 is 2.36 bits per heavy atom. The number of anilines is 1. The second-order valence-electron chi connectivity index (χ2n) is 10.3. The first-order valence-electron chi connectivity index (χ1n) is 12.9. The van der Waals surface area contributed by atoms with Crippen molar-refractivity contribution < 1.29 is 36.2 Å². The Labute approximate surface area is 243 Å². The summed E-state index contributed by atoms with van der Waals surface area (Å²) < 4.78 is 72.4. The monoisotopic (exact) mass is 603 g/mol. The average Bonchev–Trinajstić information content (AvgIpc) is 2.91. The number of ether oxygens (including phenoxy) is 1. The first-order chi connectivity index (χ1) is 19.6. The van der Waals surface area contributed by atoms with E-state index in [1.54, 1.807) is 24.3 Å². The second kappa shape index (κ2) is 13.4. The predicted molar refractivity (Wildman–Crippen MR) is 152 cm³/mol. The standard InChI is InChI=1S/C30H32F3N3O5S/c1-29(38,28(37)35-24-12-11-23(19-34)26(18-24)30(31,32)33)20-42(39,40)27-8-5-4-7-22(27)17-21-9-13-25(14-10-21)41-16-6-15-36(2)3/h4-5,7-14,18,38H,6,15-17,20H2,1-3H3,(H,35,37). The van der Waals surface area contributed by atoms with Crippen LogP contribution in [0, 0.1) is 11.3 Å². The number of halogens is 3. The van der Waals surface area contributed by atoms with Gasteiger partial charge < -0.3 is 20.1 Å². The van der Waals surface area contributed by atoms with Crippen LogP contribution in [0.5, 0.6) is 5.75 Å². The van der Waals surface area contributed by atoms with Crippen molar-refractivity contribution in [2.24, 2.45) is 0 Å². The molecule has 224 valence electrons. The van der Waals surface area contributed by atoms with E-state index in [2.05, 4.69) is 10.2 Å². The molecule has 0 saturated carbocycles. The minimum Gasteiger partial charge on any atom is -0.494 e. The minimum absolute atomic E-state index is 0.0835. The van der Waals surface area contributed by atoms with Gasteiger partial charge in [0.1, 0.15) is 5.75 Å². The van der Waals surface area contributed by atoms with Gasteiger partial charge in [0.25, 0.3) is 5.91 Å². The van der Waals surface area contributed by atoms with Crippen molar-refractivity contribution >= 4 is 21.4 Å². The molecule has 0 aliphatic rings. The van der Waals surface area contributed by atoms with Gasteiger partial charge in [0.05, 0.1) is 34.5 Å². The van der Waals surface area contributed by atoms with Crippen LogP contribution in [-0.4, -0.2) is 62.9 Å². The van der Waals surface area contributed by atoms with E-state index in [-0.39, 0.29) is 17.0 Å². The van der Waals surface area contributed by atoms with Gasteiger partial charge in [-0.15, -0.1) is 0 Å². The van der Waals surface area contributed by atoms with Crippen LogP contribution in [0.2, 0.25) is 0 Å². The molecule has 8 nitrogen and oxygen atoms in total. The van der Waals surface area contributed by atoms with Gasteiger partial charge >= 0.3 is 6.18 Å². The summed E-state index contributed by atoms with van der Waals surface area (Å²) in [5, 5.41) is 21.9. The molecular weight excluding hydrogens is 571 g/mol. The molecule has 0 fully saturated rings. The van der Waals surface area contributed by atoms with Crippen LogP contribution in [0.4, 0.5) is 18.9 Å². The number of carbonyl (C=O) groups excluding carboxylic acids is 1. The fourth-order valence-corrected chi connectivity index (χ4v) is 6.03. The third-order valence-corrected chi connectivity index (χ3v) is 8.32. The molecule has 0 heterocycles. The number of nitrogens with one attached hydrogen (secondary N) is 1. The van der Waals surface area contributed by atoms with Gasteiger partial charge in [-0.25, -0.2) is 8.42 Å². The van der Waals surface area contributed by atoms with Gasteiger partial charge in [0, 0.05) is 12.2 Å². The number of rotatable bonds is 12. The molecule has 0 bridgehead atoms. The Kier molecular flexibility index (Phi) is 10.4. The SMILES string of the molecule is CN(C)CCCOc1ccc(Cc2ccccc2S(=O)(=O)CC(C)(O)C(=O)Nc2ccc(C#N)c(C(F)(F)F)c2)cc1. The fourth-order valence-electron chi connectivity index (χ4n) is 4.18. The zero-order valence-corrected chi connectivity index (χ0v) is 24.2. The number of aliphatic hydroxyl groups is 1. The third-order valence-electron chi connectivity index (χ3n) is 6.31. The molecule has 0 aliphatic carbocycles. The van der Waals surface area contributed by atoms with Crippen LogP contribution < -0.4 is 10.1 Å². The summed E-state index contributed by atoms with van der Waals surface area (Å²) in [5.41, 5.74) is -3.51. The number of hydrogen-bond donors (Lipinski definition) is 2. The summed E-state index contributed by atoms with van der Waals surface area (Å²) in [6.07, 6.45) is -3.75. The van der Waals surface area contributed by atoms with Crippen LogP contribution in [0.25, 0.3) is 0 Å². The first-order valence-corrected chi connectivity index (χ1v) is 14.6. The first kappa shape index (κ1) is 32.6. The van der Waals surface area contributed by atoms with Crippen molar-refractivity contribution in [1.29, 1.82) is 5.26 Å². The van der Waals surface area contributed by atoms with Gasteiger partial charge in [-0.05, 0) is 81.4 Å². The van der Waals surface area contributed by atoms with E-state index in [4.69, 9.17) is 10.00 Å². The zero-order chi connectivity index (χ0) is 31.1. The number of benzene rings is 3. The van der Waals surface area contributed by atoms with E-state index < -0.39 is 44.4 Å². The molecule has 1 atom stereocenters. The number of nitrogens with zero attached hydrogens (tertiary/aromatic N) is 2. The van der Waals surface area contributed by atoms with Crippen LogP contribution in [0.1, 0.15) is 35.6 Å². The lowest BCUT2D eigenvalue weighted by Gasteiger charge is -2.23. The molecule has 42 heavy (non-hydrogen) atoms. The molecule has 0 aliphatic heterocycles. The van der Waals surface area contributed by atoms with Gasteiger partial charge in [0.2, 0.25) is 0 Å². The van der Waals surface area contributed by atoms with E-state index in [1.807, 2.05) is 26.2 Å². The molecule has 0 radical (unpaired) electrons. The van der Waals surface area contributed by atoms with E-state index in [9.17, 15) is 31.5 Å². The zero-order valence-electron chi connectivity index (χ0n) is 23.4. The van der Waals surface area contributed by atoms with Crippen molar-refractivity contribution in [3.63, 3.8) is 0 Å². The maximum Gasteiger partial charge on any atom is 0.417 e. The maximum atomic E-state index is 13.4. The Bertz CT molecular complexity index is 1550. The van der Waals surface area contributed by atoms with Crippen molar-refractivity contribution in [3.8, 4) is 11.8 Å². The van der Waals surface area contributed by atoms with Crippen molar-refractivity contribution in [2.45, 2.75) is 36.4 Å². The molecule has 2 N–H and O–H groups in total. The van der Waals surface area contributed by atoms with Crippen LogP contribution in [-0.2, 0) is 27.2 Å². The molecule has 12 heteroatoms. The molecule has 3 aromatic carbocycles. The molecule has 3 rings (SSSR count). The summed E-state index contributed by atoms with van der Waals surface area (Å²) in [4.78, 5) is 14.8. The summed E-state index contributed by atoms with van der Waals surface area (Å²) in [6.45, 7) is 2.42. The molecule has 3 aromatic rings. The normalized spacial score (nSPS) is 13.3. The summed E-state index contributed by atoms with van der Waals surface area (Å²) >= 11 is 0. The van der Waals surface area contributed by atoms with Gasteiger partial charge in [-0.2, -0.15) is 18.4 Å². The molecule has 1 amide bonds. The number of alkyl halides is 3. The van der Waals surface area contributed by atoms with E-state index >= 15 is 0 Å². The summed E-state index contributed by atoms with van der Waals surface area (Å²) in [7, 11) is -0.276. The Morgan fingerprint density at radius 1 is 1.07 bits per heavy atom. The quantitative estimate of drug-likeness (QED) is 0.289. The van der Waals surface area contributed by atoms with Gasteiger partial charge in [-0.1, -0.05) is 30.3 Å². The molecule has 1 unspecified atom stereocenters. The lowest BCUT2D eigenvalue weighted by atomic mass is 10.0. The number of hydrogen-bond acceptors (Lipinski definition) is 7. The Balaban J connectivity index is 1.74. The van der Waals surface area contributed by atoms with Crippen LogP contribution >= 0.6 is 0 Å². The lowest BCUT2D eigenvalue weighted by Crippen LogP contribution is -2.46. The van der Waals surface area contributed by atoms with E-state index in [0.29, 0.717) is 24.0 Å². The number of carbonyl (C=O) groups is 1. The topological polar surface area (TPSA) is 120 Å². The highest BCUT2D eigenvalue weighted by Gasteiger charge is 2.38. The Hall–Kier alpha value is -3.92. The molecule has 0 spiro atoms. The minimum atomic E-state index is -4.86. The smallest absolute Gasteiger partial charge is 0.417 e. The van der Waals surface area contributed by atoms with Crippen molar-refractivity contribution in [3.05, 3.63) is 89.0 Å². The fraction of sp³-hybridized carbons (Fsp3) is 0.333. The van der Waals surface area contributed by atoms with Crippen molar-refractivity contribution in [2.75, 3.05) is 38.3 Å². The average molecular weight is 604 g/mol. The van der Waals surface area contributed by atoms with Crippen LogP contribution in [0.15, 0.2) is 71.6 Å². The Morgan fingerprint density at radius 2 is 1.74 bits per heavy atom. The maximum absolute atomic E-state index is 13.4. The third kappa shape index (κ3) is 8.79. The molecule has 0 aromatic heterocycles.